The summed E-state index contributed by atoms with van der Waals surface area (Å²) in [6, 6.07) is 0. The number of hydrogen-bond donors (Lipinski definition) is 4. The van der Waals surface area contributed by atoms with Crippen molar-refractivity contribution < 1.29 is 19.5 Å². The normalized spacial score (nSPS) is 25.6. The number of anilines is 1. The molecule has 1 aliphatic rings. The van der Waals surface area contributed by atoms with Crippen LogP contribution in [0.4, 0.5) is 5.95 Å². The van der Waals surface area contributed by atoms with Gasteiger partial charge in [0, 0.05) is 6.42 Å². The van der Waals surface area contributed by atoms with Crippen molar-refractivity contribution in [2.75, 3.05) is 25.6 Å². The van der Waals surface area contributed by atoms with Crippen LogP contribution in [0.25, 0.3) is 11.2 Å². The highest BCUT2D eigenvalue weighted by Crippen LogP contribution is 2.26. The number of imidazole rings is 1. The SMILES string of the molecule is CN(C)c1nc2[nH]c(=O)[nH]c2c[n+]1C1C[C@H](O)[C@@H](CO)O1. The minimum absolute atomic E-state index is 0.244. The largest absolute Gasteiger partial charge is 0.397 e. The molecule has 3 heterocycles. The monoisotopic (exact) mass is 296 g/mol. The number of aliphatic hydroxyl groups is 2. The Morgan fingerprint density at radius 2 is 2.29 bits per heavy atom. The quantitative estimate of drug-likeness (QED) is 0.499. The molecular weight excluding hydrogens is 278 g/mol. The summed E-state index contributed by atoms with van der Waals surface area (Å²) in [5, 5.41) is 19.1. The minimum Gasteiger partial charge on any atom is -0.394 e. The number of fused-ring (bicyclic) bond motifs is 1. The minimum atomic E-state index is -0.733. The van der Waals surface area contributed by atoms with Crippen molar-refractivity contribution in [1.82, 2.24) is 15.0 Å². The molecule has 0 spiro atoms. The highest BCUT2D eigenvalue weighted by atomic mass is 16.5. The number of ether oxygens (including phenoxy) is 1. The van der Waals surface area contributed by atoms with E-state index < -0.39 is 18.4 Å². The Bertz CT molecular complexity index is 709. The van der Waals surface area contributed by atoms with Crippen molar-refractivity contribution in [3.05, 3.63) is 16.7 Å². The molecule has 4 N–H and O–H groups in total. The summed E-state index contributed by atoms with van der Waals surface area (Å²) in [7, 11) is 3.65. The van der Waals surface area contributed by atoms with Crippen LogP contribution in [0.2, 0.25) is 0 Å². The summed E-state index contributed by atoms with van der Waals surface area (Å²) in [6.07, 6.45) is 0.262. The molecule has 0 aliphatic carbocycles. The second-order valence-electron chi connectivity index (χ2n) is 5.30. The number of hydrogen-bond acceptors (Lipinski definition) is 6. The molecule has 3 atom stereocenters. The van der Waals surface area contributed by atoms with Crippen LogP contribution in [0, 0.1) is 0 Å². The van der Waals surface area contributed by atoms with E-state index in [-0.39, 0.29) is 12.3 Å². The number of nitrogens with zero attached hydrogens (tertiary/aromatic N) is 3. The summed E-state index contributed by atoms with van der Waals surface area (Å²) < 4.78 is 7.39. The summed E-state index contributed by atoms with van der Waals surface area (Å²) >= 11 is 0. The smallest absolute Gasteiger partial charge is 0.394 e. The first-order valence-corrected chi connectivity index (χ1v) is 6.65. The zero-order valence-corrected chi connectivity index (χ0v) is 11.8. The number of aliphatic hydroxyl groups excluding tert-OH is 2. The van der Waals surface area contributed by atoms with Gasteiger partial charge in [-0.05, 0) is 0 Å². The van der Waals surface area contributed by atoms with Crippen LogP contribution in [0.1, 0.15) is 12.6 Å². The van der Waals surface area contributed by atoms with E-state index in [9.17, 15) is 15.0 Å². The van der Waals surface area contributed by atoms with Crippen molar-refractivity contribution in [2.24, 2.45) is 0 Å². The number of rotatable bonds is 3. The summed E-state index contributed by atoms with van der Waals surface area (Å²) in [6.45, 7) is -0.244. The first-order chi connectivity index (χ1) is 9.99. The van der Waals surface area contributed by atoms with E-state index in [2.05, 4.69) is 15.0 Å². The molecule has 9 nitrogen and oxygen atoms in total. The molecule has 0 aromatic carbocycles. The number of aromatic nitrogens is 4. The molecule has 3 rings (SSSR count). The number of nitrogens with one attached hydrogen (secondary N) is 2. The van der Waals surface area contributed by atoms with Crippen LogP contribution < -0.4 is 15.2 Å². The Labute approximate surface area is 119 Å². The molecule has 1 saturated heterocycles. The van der Waals surface area contributed by atoms with Gasteiger partial charge in [-0.15, -0.1) is 0 Å². The third-order valence-corrected chi connectivity index (χ3v) is 3.54. The van der Waals surface area contributed by atoms with Gasteiger partial charge in [-0.2, -0.15) is 0 Å². The van der Waals surface area contributed by atoms with Crippen molar-refractivity contribution in [2.45, 2.75) is 24.9 Å². The van der Waals surface area contributed by atoms with E-state index in [0.29, 0.717) is 23.5 Å². The van der Waals surface area contributed by atoms with Crippen molar-refractivity contribution in [3.63, 3.8) is 0 Å². The van der Waals surface area contributed by atoms with Gasteiger partial charge in [0.05, 0.1) is 33.0 Å². The van der Waals surface area contributed by atoms with Gasteiger partial charge in [-0.1, -0.05) is 4.98 Å². The van der Waals surface area contributed by atoms with E-state index >= 15 is 0 Å². The molecule has 2 aromatic rings. The Kier molecular flexibility index (Phi) is 3.40. The second kappa shape index (κ2) is 5.10. The Morgan fingerprint density at radius 3 is 2.90 bits per heavy atom. The number of aromatic amines is 2. The van der Waals surface area contributed by atoms with Gasteiger partial charge in [0.15, 0.2) is 6.23 Å². The second-order valence-corrected chi connectivity index (χ2v) is 5.30. The standard InChI is InChI=1S/C12H17N5O4/c1-16(2)12-15-10-6(13-11(20)14-10)4-17(12)9-3-7(19)8(5-18)21-9/h4,7-9,18-19H,3,5H2,1-2H3,(H,13,20)/p+1/t7-,8+,9?/m0/s1. The van der Waals surface area contributed by atoms with Gasteiger partial charge >= 0.3 is 11.6 Å². The summed E-state index contributed by atoms with van der Waals surface area (Å²) in [5.41, 5.74) is 0.675. The molecule has 1 unspecified atom stereocenters. The van der Waals surface area contributed by atoms with Crippen LogP contribution in [-0.4, -0.2) is 58.1 Å². The fourth-order valence-electron chi connectivity index (χ4n) is 2.52. The zero-order valence-electron chi connectivity index (χ0n) is 11.8. The van der Waals surface area contributed by atoms with Crippen LogP contribution in [-0.2, 0) is 4.74 Å². The van der Waals surface area contributed by atoms with Gasteiger partial charge in [-0.3, -0.25) is 9.88 Å². The van der Waals surface area contributed by atoms with E-state index in [1.54, 1.807) is 15.7 Å². The van der Waals surface area contributed by atoms with Crippen LogP contribution in [0.3, 0.4) is 0 Å². The summed E-state index contributed by atoms with van der Waals surface area (Å²) in [4.78, 5) is 22.8. The lowest BCUT2D eigenvalue weighted by Gasteiger charge is -2.15. The van der Waals surface area contributed by atoms with Crippen molar-refractivity contribution in [1.29, 1.82) is 0 Å². The van der Waals surface area contributed by atoms with E-state index in [1.807, 2.05) is 14.1 Å². The molecule has 21 heavy (non-hydrogen) atoms. The lowest BCUT2D eigenvalue weighted by molar-refractivity contribution is -0.749. The molecule has 0 amide bonds. The van der Waals surface area contributed by atoms with Crippen molar-refractivity contribution >= 4 is 17.1 Å². The van der Waals surface area contributed by atoms with Gasteiger partial charge in [0.1, 0.15) is 11.6 Å². The van der Waals surface area contributed by atoms with E-state index in [0.717, 1.165) is 0 Å². The molecule has 1 fully saturated rings. The maximum Gasteiger partial charge on any atom is 0.397 e. The van der Waals surface area contributed by atoms with Crippen LogP contribution >= 0.6 is 0 Å². The molecule has 0 radical (unpaired) electrons. The van der Waals surface area contributed by atoms with E-state index in [4.69, 9.17) is 4.74 Å². The average Bonchev–Trinajstić information content (AvgIpc) is 2.98. The average molecular weight is 296 g/mol. The van der Waals surface area contributed by atoms with E-state index in [1.165, 1.54) is 0 Å². The highest BCUT2D eigenvalue weighted by molar-refractivity contribution is 5.68. The maximum atomic E-state index is 11.4. The molecule has 0 bridgehead atoms. The predicted molar refractivity (Wildman–Crippen MR) is 72.9 cm³/mol. The third kappa shape index (κ3) is 2.39. The summed E-state index contributed by atoms with van der Waals surface area (Å²) in [5.74, 6) is 0.577. The molecule has 0 saturated carbocycles. The van der Waals surface area contributed by atoms with Crippen LogP contribution in [0.5, 0.6) is 0 Å². The van der Waals surface area contributed by atoms with Gasteiger partial charge < -0.3 is 19.9 Å². The highest BCUT2D eigenvalue weighted by Gasteiger charge is 2.38. The predicted octanol–water partition coefficient (Wildman–Crippen LogP) is -1.75. The first kappa shape index (κ1) is 14.0. The van der Waals surface area contributed by atoms with Gasteiger partial charge in [-0.25, -0.2) is 9.36 Å². The van der Waals surface area contributed by atoms with Crippen molar-refractivity contribution in [3.8, 4) is 0 Å². The lowest BCUT2D eigenvalue weighted by atomic mass is 10.2. The maximum absolute atomic E-state index is 11.4. The molecule has 9 heteroatoms. The van der Waals surface area contributed by atoms with Gasteiger partial charge in [0.2, 0.25) is 5.65 Å². The zero-order chi connectivity index (χ0) is 15.1. The van der Waals surface area contributed by atoms with Gasteiger partial charge in [0.25, 0.3) is 0 Å². The molecular formula is C12H18N5O4+. The Hall–Kier alpha value is -1.97. The number of H-pyrrole nitrogens is 2. The molecule has 2 aromatic heterocycles. The lowest BCUT2D eigenvalue weighted by Crippen LogP contribution is -2.45. The van der Waals surface area contributed by atoms with Crippen LogP contribution in [0.15, 0.2) is 11.0 Å². The topological polar surface area (TPSA) is 118 Å². The Morgan fingerprint density at radius 1 is 1.52 bits per heavy atom. The molecule has 114 valence electrons. The fraction of sp³-hybridized carbons (Fsp3) is 0.583. The first-order valence-electron chi connectivity index (χ1n) is 6.65. The molecule has 1 aliphatic heterocycles. The fourth-order valence-corrected chi connectivity index (χ4v) is 2.52. The Balaban J connectivity index is 2.08. The third-order valence-electron chi connectivity index (χ3n) is 3.54.